The Labute approximate surface area is 126 Å². The minimum Gasteiger partial charge on any atom is -0.480 e. The molecule has 1 aromatic rings. The molecule has 1 saturated heterocycles. The largest absolute Gasteiger partial charge is 0.480 e. The van der Waals surface area contributed by atoms with Crippen molar-refractivity contribution in [2.45, 2.75) is 6.92 Å². The summed E-state index contributed by atoms with van der Waals surface area (Å²) in [4.78, 5) is 26.7. The number of carbonyl (C=O) groups is 2. The third-order valence-corrected chi connectivity index (χ3v) is 4.49. The number of carboxylic acids is 1. The lowest BCUT2D eigenvalue weighted by Gasteiger charge is -2.34. The van der Waals surface area contributed by atoms with Crippen molar-refractivity contribution in [1.82, 2.24) is 9.80 Å². The second-order valence-corrected chi connectivity index (χ2v) is 5.69. The topological polar surface area (TPSA) is 60.9 Å². The molecule has 0 aromatic heterocycles. The van der Waals surface area contributed by atoms with Crippen LogP contribution < -0.4 is 0 Å². The van der Waals surface area contributed by atoms with E-state index in [0.29, 0.717) is 31.7 Å². The molecule has 1 aliphatic heterocycles. The summed E-state index contributed by atoms with van der Waals surface area (Å²) in [5.74, 6) is -0.832. The number of aryl methyl sites for hydroxylation is 1. The van der Waals surface area contributed by atoms with Gasteiger partial charge in [0.25, 0.3) is 5.91 Å². The van der Waals surface area contributed by atoms with Crippen LogP contribution in [0.25, 0.3) is 0 Å². The zero-order chi connectivity index (χ0) is 14.7. The van der Waals surface area contributed by atoms with Crippen LogP contribution in [0.2, 0.25) is 0 Å². The molecule has 0 aliphatic carbocycles. The number of piperazine rings is 1. The average molecular weight is 341 g/mol. The van der Waals surface area contributed by atoms with Crippen LogP contribution in [0.4, 0.5) is 0 Å². The second kappa shape index (κ2) is 6.37. The molecule has 0 saturated carbocycles. The number of carbonyl (C=O) groups excluding carboxylic acids is 1. The molecule has 0 unspecified atom stereocenters. The molecule has 0 atom stereocenters. The summed E-state index contributed by atoms with van der Waals surface area (Å²) in [6.45, 7) is 4.31. The smallest absolute Gasteiger partial charge is 0.317 e. The van der Waals surface area contributed by atoms with Crippen molar-refractivity contribution in [2.24, 2.45) is 0 Å². The van der Waals surface area contributed by atoms with E-state index in [-0.39, 0.29) is 12.5 Å². The van der Waals surface area contributed by atoms with Gasteiger partial charge in [0.05, 0.1) is 12.1 Å². The molecular weight excluding hydrogens is 324 g/mol. The van der Waals surface area contributed by atoms with Gasteiger partial charge in [-0.2, -0.15) is 0 Å². The highest BCUT2D eigenvalue weighted by Crippen LogP contribution is 2.22. The normalized spacial score (nSPS) is 16.2. The monoisotopic (exact) mass is 340 g/mol. The first kappa shape index (κ1) is 15.0. The highest BCUT2D eigenvalue weighted by molar-refractivity contribution is 9.10. The van der Waals surface area contributed by atoms with Crippen molar-refractivity contribution in [3.63, 3.8) is 0 Å². The van der Waals surface area contributed by atoms with Gasteiger partial charge in [-0.25, -0.2) is 0 Å². The molecule has 1 N–H and O–H groups in total. The zero-order valence-electron chi connectivity index (χ0n) is 11.3. The lowest BCUT2D eigenvalue weighted by atomic mass is 10.1. The van der Waals surface area contributed by atoms with E-state index >= 15 is 0 Å². The lowest BCUT2D eigenvalue weighted by Crippen LogP contribution is -2.50. The standard InChI is InChI=1S/C14H17BrN2O3/c1-10-3-2-4-11(13(10)15)14(20)17-7-5-16(6-8-17)9-12(18)19/h2-4H,5-9H2,1H3,(H,18,19). The highest BCUT2D eigenvalue weighted by Gasteiger charge is 2.24. The minimum atomic E-state index is -0.828. The number of nitrogens with zero attached hydrogens (tertiary/aromatic N) is 2. The van der Waals surface area contributed by atoms with Crippen molar-refractivity contribution in [2.75, 3.05) is 32.7 Å². The maximum atomic E-state index is 12.5. The van der Waals surface area contributed by atoms with Gasteiger partial charge in [-0.3, -0.25) is 14.5 Å². The molecule has 5 nitrogen and oxygen atoms in total. The molecule has 1 heterocycles. The number of benzene rings is 1. The summed E-state index contributed by atoms with van der Waals surface area (Å²) in [6.07, 6.45) is 0. The molecule has 2 rings (SSSR count). The predicted molar refractivity (Wildman–Crippen MR) is 78.9 cm³/mol. The first-order valence-electron chi connectivity index (χ1n) is 6.47. The van der Waals surface area contributed by atoms with Crippen LogP contribution in [-0.4, -0.2) is 59.5 Å². The van der Waals surface area contributed by atoms with E-state index in [1.54, 1.807) is 4.90 Å². The summed E-state index contributed by atoms with van der Waals surface area (Å²) in [5, 5.41) is 8.76. The summed E-state index contributed by atoms with van der Waals surface area (Å²) < 4.78 is 0.831. The third-order valence-electron chi connectivity index (χ3n) is 3.44. The fraction of sp³-hybridized carbons (Fsp3) is 0.429. The first-order chi connectivity index (χ1) is 9.49. The van der Waals surface area contributed by atoms with Crippen molar-refractivity contribution in [3.8, 4) is 0 Å². The number of aliphatic carboxylic acids is 1. The molecule has 0 radical (unpaired) electrons. The number of rotatable bonds is 3. The Morgan fingerprint density at radius 3 is 2.50 bits per heavy atom. The predicted octanol–water partition coefficient (Wildman–Crippen LogP) is 1.60. The fourth-order valence-corrected chi connectivity index (χ4v) is 2.72. The van der Waals surface area contributed by atoms with Crippen LogP contribution in [0, 0.1) is 6.92 Å². The Morgan fingerprint density at radius 1 is 1.25 bits per heavy atom. The Kier molecular flexibility index (Phi) is 4.77. The highest BCUT2D eigenvalue weighted by atomic mass is 79.9. The van der Waals surface area contributed by atoms with Crippen LogP contribution in [0.3, 0.4) is 0 Å². The molecule has 0 spiro atoms. The third kappa shape index (κ3) is 3.37. The van der Waals surface area contributed by atoms with Gasteiger partial charge in [0.1, 0.15) is 0 Å². The van der Waals surface area contributed by atoms with Gasteiger partial charge in [-0.05, 0) is 34.5 Å². The van der Waals surface area contributed by atoms with Crippen LogP contribution in [0.15, 0.2) is 22.7 Å². The van der Waals surface area contributed by atoms with E-state index in [9.17, 15) is 9.59 Å². The fourth-order valence-electron chi connectivity index (χ4n) is 2.28. The molecule has 1 aromatic carbocycles. The van der Waals surface area contributed by atoms with Gasteiger partial charge < -0.3 is 10.0 Å². The first-order valence-corrected chi connectivity index (χ1v) is 7.27. The van der Waals surface area contributed by atoms with E-state index in [1.165, 1.54) is 0 Å². The Balaban J connectivity index is 2.02. The van der Waals surface area contributed by atoms with Crippen LogP contribution in [-0.2, 0) is 4.79 Å². The maximum Gasteiger partial charge on any atom is 0.317 e. The molecule has 20 heavy (non-hydrogen) atoms. The number of halogens is 1. The second-order valence-electron chi connectivity index (χ2n) is 4.90. The Bertz CT molecular complexity index is 525. The zero-order valence-corrected chi connectivity index (χ0v) is 12.9. The molecule has 6 heteroatoms. The van der Waals surface area contributed by atoms with Crippen LogP contribution >= 0.6 is 15.9 Å². The number of amides is 1. The van der Waals surface area contributed by atoms with E-state index in [0.717, 1.165) is 10.0 Å². The van der Waals surface area contributed by atoms with Crippen molar-refractivity contribution in [3.05, 3.63) is 33.8 Å². The van der Waals surface area contributed by atoms with Gasteiger partial charge >= 0.3 is 5.97 Å². The molecule has 0 bridgehead atoms. The van der Waals surface area contributed by atoms with Gasteiger partial charge in [0.2, 0.25) is 0 Å². The number of hydrogen-bond donors (Lipinski definition) is 1. The quantitative estimate of drug-likeness (QED) is 0.907. The molecule has 1 fully saturated rings. The van der Waals surface area contributed by atoms with Gasteiger partial charge in [-0.15, -0.1) is 0 Å². The van der Waals surface area contributed by atoms with E-state index < -0.39 is 5.97 Å². The van der Waals surface area contributed by atoms with Crippen LogP contribution in [0.5, 0.6) is 0 Å². The average Bonchev–Trinajstić information content (AvgIpc) is 2.41. The number of hydrogen-bond acceptors (Lipinski definition) is 3. The van der Waals surface area contributed by atoms with Crippen molar-refractivity contribution in [1.29, 1.82) is 0 Å². The van der Waals surface area contributed by atoms with E-state index in [2.05, 4.69) is 15.9 Å². The number of carboxylic acid groups (broad SMARTS) is 1. The van der Waals surface area contributed by atoms with E-state index in [4.69, 9.17) is 5.11 Å². The minimum absolute atomic E-state index is 0.00412. The molecular formula is C14H17BrN2O3. The summed E-state index contributed by atoms with van der Waals surface area (Å²) >= 11 is 3.46. The lowest BCUT2D eigenvalue weighted by molar-refractivity contribution is -0.138. The summed E-state index contributed by atoms with van der Waals surface area (Å²) in [6, 6.07) is 5.63. The van der Waals surface area contributed by atoms with Crippen molar-refractivity contribution >= 4 is 27.8 Å². The molecule has 1 aliphatic rings. The Morgan fingerprint density at radius 2 is 1.90 bits per heavy atom. The van der Waals surface area contributed by atoms with Gasteiger partial charge in [-0.1, -0.05) is 12.1 Å². The van der Waals surface area contributed by atoms with Gasteiger partial charge in [0, 0.05) is 30.7 Å². The van der Waals surface area contributed by atoms with Gasteiger partial charge in [0.15, 0.2) is 0 Å². The molecule has 1 amide bonds. The van der Waals surface area contributed by atoms with E-state index in [1.807, 2.05) is 30.0 Å². The SMILES string of the molecule is Cc1cccc(C(=O)N2CCN(CC(=O)O)CC2)c1Br. The van der Waals surface area contributed by atoms with Crippen LogP contribution in [0.1, 0.15) is 15.9 Å². The Hall–Kier alpha value is -1.40. The van der Waals surface area contributed by atoms with Crippen molar-refractivity contribution < 1.29 is 14.7 Å². The summed E-state index contributed by atoms with van der Waals surface area (Å²) in [5.41, 5.74) is 1.69. The summed E-state index contributed by atoms with van der Waals surface area (Å²) in [7, 11) is 0. The molecule has 108 valence electrons. The maximum absolute atomic E-state index is 12.5.